The lowest BCUT2D eigenvalue weighted by Gasteiger charge is -2.60. The molecule has 4 heterocycles. The van der Waals surface area contributed by atoms with E-state index < -0.39 is 46.4 Å². The Bertz CT molecular complexity index is 2030. The molecule has 0 amide bonds. The molecule has 1 aromatic heterocycles. The number of hydrogen-bond acceptors (Lipinski definition) is 10. The fourth-order valence-electron chi connectivity index (χ4n) is 8.64. The molecule has 54 heavy (non-hydrogen) atoms. The third-order valence-corrected chi connectivity index (χ3v) is 11.9. The maximum absolute atomic E-state index is 15.1. The van der Waals surface area contributed by atoms with Crippen LogP contribution in [-0.2, 0) is 20.7 Å². The molecule has 1 aromatic carbocycles. The molecule has 0 radical (unpaired) electrons. The smallest absolute Gasteiger partial charge is 0.333 e. The van der Waals surface area contributed by atoms with Crippen LogP contribution in [0.25, 0.3) is 11.8 Å². The van der Waals surface area contributed by atoms with Crippen molar-refractivity contribution in [2.24, 2.45) is 17.8 Å². The molecule has 6 atom stereocenters. The van der Waals surface area contributed by atoms with Crippen LogP contribution in [0.2, 0.25) is 0 Å². The van der Waals surface area contributed by atoms with Crippen molar-refractivity contribution >= 4 is 29.5 Å². The molecular weight excluding hydrogens is 684 g/mol. The van der Waals surface area contributed by atoms with Gasteiger partial charge in [-0.05, 0) is 78.9 Å². The number of anilines is 1. The summed E-state index contributed by atoms with van der Waals surface area (Å²) >= 11 is 0. The van der Waals surface area contributed by atoms with Crippen LogP contribution in [0.4, 0.5) is 5.95 Å². The maximum atomic E-state index is 15.1. The van der Waals surface area contributed by atoms with E-state index in [0.29, 0.717) is 46.5 Å². The van der Waals surface area contributed by atoms with E-state index in [1.54, 1.807) is 24.8 Å². The van der Waals surface area contributed by atoms with Gasteiger partial charge in [-0.25, -0.2) is 9.48 Å². The van der Waals surface area contributed by atoms with Gasteiger partial charge in [0.2, 0.25) is 5.95 Å². The number of nitrogens with one attached hydrogen (secondary N) is 1. The van der Waals surface area contributed by atoms with Crippen molar-refractivity contribution in [1.29, 1.82) is 0 Å². The summed E-state index contributed by atoms with van der Waals surface area (Å²) in [6.45, 7) is 19.9. The first-order valence-electron chi connectivity index (χ1n) is 19.0. The van der Waals surface area contributed by atoms with Crippen LogP contribution in [0.3, 0.4) is 0 Å². The van der Waals surface area contributed by atoms with Crippen LogP contribution in [0.5, 0.6) is 17.2 Å². The van der Waals surface area contributed by atoms with Gasteiger partial charge in [0.25, 0.3) is 0 Å². The number of nitrogens with zero attached hydrogens (tertiary/aromatic N) is 3. The predicted molar refractivity (Wildman–Crippen MR) is 209 cm³/mol. The minimum Gasteiger partial charge on any atom is -0.495 e. The van der Waals surface area contributed by atoms with Crippen LogP contribution in [0.15, 0.2) is 52.9 Å². The van der Waals surface area contributed by atoms with E-state index in [2.05, 4.69) is 74.3 Å². The Labute approximate surface area is 319 Å². The molecule has 0 spiro atoms. The van der Waals surface area contributed by atoms with E-state index in [1.165, 1.54) is 19.0 Å². The number of ketones is 1. The van der Waals surface area contributed by atoms with E-state index >= 15 is 4.79 Å². The van der Waals surface area contributed by atoms with Gasteiger partial charge < -0.3 is 29.4 Å². The van der Waals surface area contributed by atoms with Crippen molar-refractivity contribution < 1.29 is 33.6 Å². The van der Waals surface area contributed by atoms with Crippen molar-refractivity contribution in [1.82, 2.24) is 14.8 Å². The quantitative estimate of drug-likeness (QED) is 0.133. The van der Waals surface area contributed by atoms with Crippen molar-refractivity contribution in [2.75, 3.05) is 19.5 Å². The van der Waals surface area contributed by atoms with Gasteiger partial charge in [0.1, 0.15) is 29.2 Å². The fraction of sp³-hybridized carbons (Fsp3) is 0.535. The van der Waals surface area contributed by atoms with Crippen LogP contribution in [0.1, 0.15) is 111 Å². The number of ether oxygens (including phenoxy) is 4. The molecule has 11 nitrogen and oxygen atoms in total. The Kier molecular flexibility index (Phi) is 10.3. The van der Waals surface area contributed by atoms with E-state index in [-0.39, 0.29) is 17.9 Å². The summed E-state index contributed by atoms with van der Waals surface area (Å²) in [5.74, 6) is -0.0992. The topological polar surface area (TPSA) is 134 Å². The number of fused-ring (bicyclic) bond motifs is 5. The van der Waals surface area contributed by atoms with Crippen LogP contribution >= 0.6 is 0 Å². The van der Waals surface area contributed by atoms with Crippen LogP contribution in [-0.4, -0.2) is 62.6 Å². The number of Topliss-reactive ketones (excluding diaryl/α,β-unsaturated/α-hetero) is 1. The van der Waals surface area contributed by atoms with E-state index in [9.17, 15) is 9.90 Å². The second kappa shape index (κ2) is 14.2. The standard InChI is InChI=1S/C43H56N4O7/c1-23(2)14-13-19-41(10)20-18-30-35(53-41)29(16-15-24(3)4)37-31(36(30)51-11)33-32-34(47-40(46-33)44-22-45-47)27(8)38(48)42(50,21-17-26(7)39(49)52-12)43(32,54-37)28(9)25(5)6/h14-15,17-18,20,22,25,27-28,34,50H,13,16,19,21H2,1-12H3,(H,44,45,46)/b26-17-. The highest BCUT2D eigenvalue weighted by molar-refractivity contribution is 6.00. The summed E-state index contributed by atoms with van der Waals surface area (Å²) in [5.41, 5.74) is 1.81. The van der Waals surface area contributed by atoms with Gasteiger partial charge >= 0.3 is 5.97 Å². The molecule has 0 saturated heterocycles. The summed E-state index contributed by atoms with van der Waals surface area (Å²) in [6, 6.07) is -0.640. The number of rotatable bonds is 11. The monoisotopic (exact) mass is 740 g/mol. The zero-order valence-corrected chi connectivity index (χ0v) is 33.8. The highest BCUT2D eigenvalue weighted by Gasteiger charge is 2.72. The minimum absolute atomic E-state index is 0.0742. The van der Waals surface area contributed by atoms with Crippen LogP contribution in [0, 0.1) is 17.8 Å². The first-order valence-corrected chi connectivity index (χ1v) is 19.0. The number of carbonyl (C=O) groups is 2. The molecule has 290 valence electrons. The Balaban J connectivity index is 1.73. The van der Waals surface area contributed by atoms with Crippen LogP contribution < -0.4 is 19.5 Å². The molecule has 6 rings (SSSR count). The number of benzene rings is 1. The largest absolute Gasteiger partial charge is 0.495 e. The summed E-state index contributed by atoms with van der Waals surface area (Å²) < 4.78 is 27.7. The van der Waals surface area contributed by atoms with Gasteiger partial charge in [-0.3, -0.25) is 4.79 Å². The van der Waals surface area contributed by atoms with E-state index in [4.69, 9.17) is 18.9 Å². The Morgan fingerprint density at radius 1 is 1.07 bits per heavy atom. The van der Waals surface area contributed by atoms with Crippen molar-refractivity contribution in [3.63, 3.8) is 0 Å². The number of aliphatic hydroxyl groups is 1. The summed E-state index contributed by atoms with van der Waals surface area (Å²) in [5, 5.41) is 21.6. The van der Waals surface area contributed by atoms with Crippen molar-refractivity contribution in [3.8, 4) is 17.2 Å². The number of allylic oxidation sites excluding steroid dienone is 4. The summed E-state index contributed by atoms with van der Waals surface area (Å²) in [7, 11) is 2.95. The second-order valence-electron chi connectivity index (χ2n) is 16.4. The molecule has 4 aliphatic rings. The molecule has 1 saturated carbocycles. The molecule has 11 heteroatoms. The summed E-state index contributed by atoms with van der Waals surface area (Å²) in [4.78, 5) is 32.3. The highest BCUT2D eigenvalue weighted by Crippen LogP contribution is 2.65. The van der Waals surface area contributed by atoms with Gasteiger partial charge in [-0.2, -0.15) is 10.1 Å². The maximum Gasteiger partial charge on any atom is 0.333 e. The Morgan fingerprint density at radius 3 is 2.41 bits per heavy atom. The molecule has 2 N–H and O–H groups in total. The lowest BCUT2D eigenvalue weighted by atomic mass is 9.53. The van der Waals surface area contributed by atoms with E-state index in [1.807, 2.05) is 27.7 Å². The molecular formula is C43H56N4O7. The lowest BCUT2D eigenvalue weighted by molar-refractivity contribution is -0.188. The average molecular weight is 741 g/mol. The summed E-state index contributed by atoms with van der Waals surface area (Å²) in [6.07, 6.45) is 13.4. The molecule has 1 aliphatic carbocycles. The van der Waals surface area contributed by atoms with Gasteiger partial charge in [0, 0.05) is 35.0 Å². The number of carbonyl (C=O) groups excluding carboxylic acids is 2. The molecule has 1 fully saturated rings. The fourth-order valence-corrected chi connectivity index (χ4v) is 8.64. The van der Waals surface area contributed by atoms with Crippen molar-refractivity contribution in [2.45, 2.75) is 118 Å². The predicted octanol–water partition coefficient (Wildman–Crippen LogP) is 7.97. The number of aromatic nitrogens is 3. The third kappa shape index (κ3) is 5.99. The number of esters is 1. The molecule has 3 aliphatic heterocycles. The molecule has 2 aromatic rings. The number of hydrogen-bond donors (Lipinski definition) is 2. The Hall–Kier alpha value is -4.64. The third-order valence-electron chi connectivity index (χ3n) is 11.9. The molecule has 6 unspecified atom stereocenters. The Morgan fingerprint density at radius 2 is 1.78 bits per heavy atom. The zero-order chi connectivity index (χ0) is 39.5. The first-order chi connectivity index (χ1) is 25.5. The van der Waals surface area contributed by atoms with Gasteiger partial charge in [0.05, 0.1) is 37.1 Å². The second-order valence-corrected chi connectivity index (χ2v) is 16.4. The average Bonchev–Trinajstić information content (AvgIpc) is 3.60. The van der Waals surface area contributed by atoms with Gasteiger partial charge in [-0.15, -0.1) is 0 Å². The minimum atomic E-state index is -2.13. The normalized spacial score (nSPS) is 27.0. The lowest BCUT2D eigenvalue weighted by Crippen LogP contribution is -2.74. The zero-order valence-electron chi connectivity index (χ0n) is 33.8. The van der Waals surface area contributed by atoms with E-state index in [0.717, 1.165) is 29.5 Å². The van der Waals surface area contributed by atoms with Gasteiger partial charge in [-0.1, -0.05) is 57.1 Å². The number of methoxy groups -OCH3 is 2. The molecule has 0 bridgehead atoms. The van der Waals surface area contributed by atoms with Crippen molar-refractivity contribution in [3.05, 3.63) is 69.6 Å². The SMILES string of the molecule is COC(=O)/C(C)=C\CC1(O)C(=O)C(C)C2C3=C(Nc4ncnn42)c2c(OC)c4c(c(CC=C(C)C)c2OC31C(C)C(C)C)OC(C)(CCC=C(C)C)C=C4. The highest BCUT2D eigenvalue weighted by atomic mass is 16.5. The first kappa shape index (κ1) is 39.1. The van der Waals surface area contributed by atoms with Gasteiger partial charge in [0.15, 0.2) is 17.0 Å².